The van der Waals surface area contributed by atoms with E-state index in [0.29, 0.717) is 6.54 Å². The van der Waals surface area contributed by atoms with Crippen molar-refractivity contribution >= 4 is 15.7 Å². The van der Waals surface area contributed by atoms with E-state index in [1.165, 1.54) is 6.07 Å². The highest BCUT2D eigenvalue weighted by Crippen LogP contribution is 2.20. The molecule has 0 aromatic heterocycles. The molecule has 3 N–H and O–H groups in total. The number of nitrogens with one attached hydrogen (secondary N) is 1. The van der Waals surface area contributed by atoms with Crippen LogP contribution >= 0.6 is 0 Å². The molecular weight excluding hydrogens is 236 g/mol. The van der Waals surface area contributed by atoms with E-state index in [4.69, 9.17) is 5.73 Å². The van der Waals surface area contributed by atoms with Crippen LogP contribution in [0.5, 0.6) is 0 Å². The van der Waals surface area contributed by atoms with Crippen LogP contribution in [-0.4, -0.2) is 15.0 Å². The third-order valence-corrected chi connectivity index (χ3v) is 3.72. The topological polar surface area (TPSA) is 72.2 Å². The molecule has 0 bridgehead atoms. The molecule has 0 radical (unpaired) electrons. The van der Waals surface area contributed by atoms with Gasteiger partial charge in [0.15, 0.2) is 0 Å². The summed E-state index contributed by atoms with van der Waals surface area (Å²) in [4.78, 5) is 0.146. The van der Waals surface area contributed by atoms with Crippen molar-refractivity contribution in [3.05, 3.63) is 23.8 Å². The summed E-state index contributed by atoms with van der Waals surface area (Å²) in [6.45, 7) is 8.15. The molecule has 0 heterocycles. The Bertz CT molecular complexity index is 502. The van der Waals surface area contributed by atoms with E-state index in [2.05, 4.69) is 4.72 Å². The third-order valence-electron chi connectivity index (χ3n) is 2.25. The van der Waals surface area contributed by atoms with E-state index in [1.807, 2.05) is 27.7 Å². The second-order valence-corrected chi connectivity index (χ2v) is 7.16. The van der Waals surface area contributed by atoms with Gasteiger partial charge in [-0.3, -0.25) is 0 Å². The lowest BCUT2D eigenvalue weighted by molar-refractivity contribution is 0.407. The van der Waals surface area contributed by atoms with E-state index in [0.717, 1.165) is 5.56 Å². The van der Waals surface area contributed by atoms with Gasteiger partial charge >= 0.3 is 0 Å². The number of aryl methyl sites for hydroxylation is 1. The third kappa shape index (κ3) is 4.02. The van der Waals surface area contributed by atoms with Crippen LogP contribution in [0.25, 0.3) is 0 Å². The average Bonchev–Trinajstić information content (AvgIpc) is 2.13. The van der Waals surface area contributed by atoms with E-state index in [9.17, 15) is 8.42 Å². The van der Waals surface area contributed by atoms with Gasteiger partial charge in [-0.05, 0) is 30.0 Å². The predicted molar refractivity (Wildman–Crippen MR) is 70.2 cm³/mol. The highest BCUT2D eigenvalue weighted by Gasteiger charge is 2.20. The summed E-state index contributed by atoms with van der Waals surface area (Å²) in [6.07, 6.45) is 0. The molecule has 5 heteroatoms. The monoisotopic (exact) mass is 256 g/mol. The highest BCUT2D eigenvalue weighted by atomic mass is 32.2. The van der Waals surface area contributed by atoms with Gasteiger partial charge in [0.05, 0.1) is 5.69 Å². The average molecular weight is 256 g/mol. The molecule has 0 saturated carbocycles. The number of hydrogen-bond donors (Lipinski definition) is 2. The molecule has 0 aliphatic rings. The lowest BCUT2D eigenvalue weighted by Gasteiger charge is -2.19. The van der Waals surface area contributed by atoms with Crippen molar-refractivity contribution < 1.29 is 8.42 Å². The molecule has 0 aliphatic heterocycles. The van der Waals surface area contributed by atoms with Gasteiger partial charge in [-0.15, -0.1) is 0 Å². The smallest absolute Gasteiger partial charge is 0.242 e. The van der Waals surface area contributed by atoms with Gasteiger partial charge in [-0.1, -0.05) is 26.8 Å². The first kappa shape index (κ1) is 14.0. The quantitative estimate of drug-likeness (QED) is 0.811. The number of benzene rings is 1. The van der Waals surface area contributed by atoms with Gasteiger partial charge in [0, 0.05) is 6.54 Å². The van der Waals surface area contributed by atoms with Gasteiger partial charge in [0.1, 0.15) is 4.90 Å². The summed E-state index contributed by atoms with van der Waals surface area (Å²) in [5.41, 5.74) is 6.85. The summed E-state index contributed by atoms with van der Waals surface area (Å²) in [6, 6.07) is 4.93. The van der Waals surface area contributed by atoms with Crippen LogP contribution in [0.3, 0.4) is 0 Å². The van der Waals surface area contributed by atoms with Crippen molar-refractivity contribution in [2.75, 3.05) is 12.3 Å². The number of sulfonamides is 1. The van der Waals surface area contributed by atoms with Crippen LogP contribution in [0.4, 0.5) is 5.69 Å². The molecule has 0 amide bonds. The first-order valence-corrected chi connectivity index (χ1v) is 6.96. The Morgan fingerprint density at radius 3 is 2.35 bits per heavy atom. The van der Waals surface area contributed by atoms with Crippen LogP contribution in [0.2, 0.25) is 0 Å². The van der Waals surface area contributed by atoms with Gasteiger partial charge in [0.2, 0.25) is 10.0 Å². The van der Waals surface area contributed by atoms with E-state index in [1.54, 1.807) is 12.1 Å². The Kier molecular flexibility index (Phi) is 3.84. The molecule has 0 saturated heterocycles. The Hall–Kier alpha value is -1.07. The molecule has 0 aliphatic carbocycles. The number of nitrogens with two attached hydrogens (primary N) is 1. The predicted octanol–water partition coefficient (Wildman–Crippen LogP) is 1.90. The van der Waals surface area contributed by atoms with E-state index >= 15 is 0 Å². The molecule has 1 aromatic carbocycles. The van der Waals surface area contributed by atoms with Gasteiger partial charge in [0.25, 0.3) is 0 Å². The SMILES string of the molecule is Cc1ccc(S(=O)(=O)NCC(C)(C)C)c(N)c1. The second-order valence-electron chi connectivity index (χ2n) is 5.43. The Balaban J connectivity index is 2.98. The van der Waals surface area contributed by atoms with Gasteiger partial charge in [-0.2, -0.15) is 0 Å². The summed E-state index contributed by atoms with van der Waals surface area (Å²) in [5, 5.41) is 0. The first-order valence-electron chi connectivity index (χ1n) is 5.48. The Morgan fingerprint density at radius 2 is 1.88 bits per heavy atom. The van der Waals surface area contributed by atoms with Crippen molar-refractivity contribution in [1.29, 1.82) is 0 Å². The molecule has 0 spiro atoms. The lowest BCUT2D eigenvalue weighted by atomic mass is 9.98. The number of hydrogen-bond acceptors (Lipinski definition) is 3. The maximum atomic E-state index is 12.0. The summed E-state index contributed by atoms with van der Waals surface area (Å²) in [7, 11) is -3.52. The van der Waals surface area contributed by atoms with E-state index < -0.39 is 10.0 Å². The zero-order valence-corrected chi connectivity index (χ0v) is 11.6. The minimum Gasteiger partial charge on any atom is -0.398 e. The van der Waals surface area contributed by atoms with Crippen LogP contribution in [0.1, 0.15) is 26.3 Å². The number of nitrogen functional groups attached to an aromatic ring is 1. The highest BCUT2D eigenvalue weighted by molar-refractivity contribution is 7.89. The molecular formula is C12H20N2O2S. The molecule has 4 nitrogen and oxygen atoms in total. The zero-order chi connectivity index (χ0) is 13.3. The molecule has 1 rings (SSSR count). The number of anilines is 1. The van der Waals surface area contributed by atoms with Crippen molar-refractivity contribution in [2.24, 2.45) is 5.41 Å². The minimum atomic E-state index is -3.52. The van der Waals surface area contributed by atoms with Crippen LogP contribution in [0, 0.1) is 12.3 Å². The van der Waals surface area contributed by atoms with Crippen LogP contribution < -0.4 is 10.5 Å². The largest absolute Gasteiger partial charge is 0.398 e. The molecule has 0 unspecified atom stereocenters. The molecule has 1 aromatic rings. The van der Waals surface area contributed by atoms with Crippen molar-refractivity contribution in [1.82, 2.24) is 4.72 Å². The maximum absolute atomic E-state index is 12.0. The van der Waals surface area contributed by atoms with Gasteiger partial charge in [-0.25, -0.2) is 13.1 Å². The molecule has 17 heavy (non-hydrogen) atoms. The Morgan fingerprint density at radius 1 is 1.29 bits per heavy atom. The Labute approximate surface area is 103 Å². The van der Waals surface area contributed by atoms with Gasteiger partial charge < -0.3 is 5.73 Å². The summed E-state index contributed by atoms with van der Waals surface area (Å²) < 4.78 is 26.6. The van der Waals surface area contributed by atoms with Crippen molar-refractivity contribution in [3.63, 3.8) is 0 Å². The standard InChI is InChI=1S/C12H20N2O2S/c1-9-5-6-11(10(13)7-9)17(15,16)14-8-12(2,3)4/h5-7,14H,8,13H2,1-4H3. The van der Waals surface area contributed by atoms with Crippen LogP contribution in [0.15, 0.2) is 23.1 Å². The van der Waals surface area contributed by atoms with Crippen LogP contribution in [-0.2, 0) is 10.0 Å². The fourth-order valence-electron chi connectivity index (χ4n) is 1.30. The molecule has 0 atom stereocenters. The second kappa shape index (κ2) is 4.66. The minimum absolute atomic E-state index is 0.105. The molecule has 96 valence electrons. The summed E-state index contributed by atoms with van der Waals surface area (Å²) in [5.74, 6) is 0. The molecule has 0 fully saturated rings. The van der Waals surface area contributed by atoms with Crippen molar-refractivity contribution in [3.8, 4) is 0 Å². The number of rotatable bonds is 3. The fourth-order valence-corrected chi connectivity index (χ4v) is 2.70. The normalized spacial score (nSPS) is 12.7. The maximum Gasteiger partial charge on any atom is 0.242 e. The summed E-state index contributed by atoms with van der Waals surface area (Å²) >= 11 is 0. The lowest BCUT2D eigenvalue weighted by Crippen LogP contribution is -2.32. The van der Waals surface area contributed by atoms with Crippen molar-refractivity contribution in [2.45, 2.75) is 32.6 Å². The van der Waals surface area contributed by atoms with E-state index in [-0.39, 0.29) is 16.0 Å². The fraction of sp³-hybridized carbons (Fsp3) is 0.500. The first-order chi connectivity index (χ1) is 7.62. The zero-order valence-electron chi connectivity index (χ0n) is 10.7.